The quantitative estimate of drug-likeness (QED) is 0.858. The molecule has 88 valence electrons. The summed E-state index contributed by atoms with van der Waals surface area (Å²) in [5.74, 6) is 2.17. The van der Waals surface area contributed by atoms with Crippen LogP contribution in [0.2, 0.25) is 0 Å². The maximum Gasteiger partial charge on any atom is 0.199 e. The molecule has 1 aromatic carbocycles. The van der Waals surface area contributed by atoms with Crippen LogP contribution < -0.4 is 5.32 Å². The highest BCUT2D eigenvalue weighted by Gasteiger charge is 2.21. The van der Waals surface area contributed by atoms with Crippen molar-refractivity contribution in [3.63, 3.8) is 0 Å². The molecular weight excluding hydrogens is 212 g/mol. The molecule has 1 aliphatic rings. The molecule has 1 atom stereocenters. The fourth-order valence-electron chi connectivity index (χ4n) is 2.19. The van der Waals surface area contributed by atoms with Gasteiger partial charge in [0.1, 0.15) is 0 Å². The van der Waals surface area contributed by atoms with Crippen molar-refractivity contribution in [1.82, 2.24) is 10.3 Å². The Morgan fingerprint density at radius 2 is 2.12 bits per heavy atom. The van der Waals surface area contributed by atoms with Gasteiger partial charge in [-0.2, -0.15) is 0 Å². The number of rotatable bonds is 2. The molecule has 1 aromatic heterocycles. The summed E-state index contributed by atoms with van der Waals surface area (Å²) in [4.78, 5) is 4.39. The molecule has 1 fully saturated rings. The number of nitrogens with zero attached hydrogens (tertiary/aromatic N) is 1. The van der Waals surface area contributed by atoms with Crippen LogP contribution in [-0.4, -0.2) is 18.1 Å². The van der Waals surface area contributed by atoms with Gasteiger partial charge in [0, 0.05) is 18.0 Å². The number of aromatic nitrogens is 1. The van der Waals surface area contributed by atoms with Gasteiger partial charge in [-0.05, 0) is 19.9 Å². The minimum absolute atomic E-state index is 0.439. The predicted molar refractivity (Wildman–Crippen MR) is 66.9 cm³/mol. The molecule has 1 N–H and O–H groups in total. The van der Waals surface area contributed by atoms with Crippen LogP contribution in [0.5, 0.6) is 0 Å². The molecule has 3 rings (SSSR count). The van der Waals surface area contributed by atoms with Gasteiger partial charge in [0.05, 0.1) is 6.20 Å². The highest BCUT2D eigenvalue weighted by Crippen LogP contribution is 2.26. The topological polar surface area (TPSA) is 38.1 Å². The maximum atomic E-state index is 5.84. The lowest BCUT2D eigenvalue weighted by molar-refractivity contribution is 0.467. The van der Waals surface area contributed by atoms with E-state index in [1.807, 2.05) is 6.20 Å². The summed E-state index contributed by atoms with van der Waals surface area (Å²) in [6.45, 7) is 4.13. The monoisotopic (exact) mass is 228 g/mol. The molecule has 2 heterocycles. The number of hydrogen-bond acceptors (Lipinski definition) is 3. The van der Waals surface area contributed by atoms with Gasteiger partial charge >= 0.3 is 0 Å². The maximum absolute atomic E-state index is 5.84. The molecule has 17 heavy (non-hydrogen) atoms. The first-order valence-electron chi connectivity index (χ1n) is 6.06. The standard InChI is InChI=1S/C14H16N2O/c1-10-2-4-11(5-3-10)13-9-16-14(17-13)12-6-7-15-8-12/h2-5,9,12,15H,6-8H2,1H3. The van der Waals surface area contributed by atoms with E-state index < -0.39 is 0 Å². The van der Waals surface area contributed by atoms with Gasteiger partial charge < -0.3 is 9.73 Å². The summed E-state index contributed by atoms with van der Waals surface area (Å²) >= 11 is 0. The van der Waals surface area contributed by atoms with Crippen molar-refractivity contribution in [1.29, 1.82) is 0 Å². The zero-order chi connectivity index (χ0) is 11.7. The van der Waals surface area contributed by atoms with Crippen LogP contribution >= 0.6 is 0 Å². The van der Waals surface area contributed by atoms with E-state index in [4.69, 9.17) is 4.42 Å². The van der Waals surface area contributed by atoms with Crippen molar-refractivity contribution in [2.24, 2.45) is 0 Å². The van der Waals surface area contributed by atoms with E-state index >= 15 is 0 Å². The van der Waals surface area contributed by atoms with E-state index in [2.05, 4.69) is 41.5 Å². The van der Waals surface area contributed by atoms with E-state index in [-0.39, 0.29) is 0 Å². The van der Waals surface area contributed by atoms with E-state index in [1.165, 1.54) is 5.56 Å². The first-order valence-corrected chi connectivity index (χ1v) is 6.06. The number of hydrogen-bond donors (Lipinski definition) is 1. The fourth-order valence-corrected chi connectivity index (χ4v) is 2.19. The average Bonchev–Trinajstić information content (AvgIpc) is 3.00. The third kappa shape index (κ3) is 2.11. The number of nitrogens with one attached hydrogen (secondary N) is 1. The van der Waals surface area contributed by atoms with Crippen molar-refractivity contribution >= 4 is 0 Å². The molecule has 0 spiro atoms. The molecule has 2 aromatic rings. The van der Waals surface area contributed by atoms with Gasteiger partial charge in [-0.15, -0.1) is 0 Å². The normalized spacial score (nSPS) is 19.7. The van der Waals surface area contributed by atoms with Crippen molar-refractivity contribution in [3.05, 3.63) is 41.9 Å². The van der Waals surface area contributed by atoms with Gasteiger partial charge in [0.15, 0.2) is 11.7 Å². The summed E-state index contributed by atoms with van der Waals surface area (Å²) < 4.78 is 5.84. The Kier molecular flexibility index (Phi) is 2.69. The Labute approximate surface area is 101 Å². The molecule has 1 aliphatic heterocycles. The Hall–Kier alpha value is -1.61. The van der Waals surface area contributed by atoms with Crippen LogP contribution in [0.4, 0.5) is 0 Å². The molecule has 3 heteroatoms. The first-order chi connectivity index (χ1) is 8.33. The van der Waals surface area contributed by atoms with Crippen molar-refractivity contribution in [3.8, 4) is 11.3 Å². The van der Waals surface area contributed by atoms with Gasteiger partial charge in [-0.25, -0.2) is 4.98 Å². The Balaban J connectivity index is 1.86. The fraction of sp³-hybridized carbons (Fsp3) is 0.357. The van der Waals surface area contributed by atoms with E-state index in [0.29, 0.717) is 5.92 Å². The molecule has 1 unspecified atom stereocenters. The van der Waals surface area contributed by atoms with Crippen LogP contribution in [0.3, 0.4) is 0 Å². The van der Waals surface area contributed by atoms with Gasteiger partial charge in [-0.3, -0.25) is 0 Å². The lowest BCUT2D eigenvalue weighted by Crippen LogP contribution is -2.07. The number of benzene rings is 1. The molecule has 0 radical (unpaired) electrons. The van der Waals surface area contributed by atoms with Gasteiger partial charge in [0.25, 0.3) is 0 Å². The Bertz CT molecular complexity index is 495. The first kappa shape index (κ1) is 10.5. The van der Waals surface area contributed by atoms with Crippen LogP contribution in [0.1, 0.15) is 23.8 Å². The summed E-state index contributed by atoms with van der Waals surface area (Å²) in [6, 6.07) is 8.34. The summed E-state index contributed by atoms with van der Waals surface area (Å²) in [5.41, 5.74) is 2.36. The summed E-state index contributed by atoms with van der Waals surface area (Å²) in [7, 11) is 0. The molecular formula is C14H16N2O. The zero-order valence-electron chi connectivity index (χ0n) is 9.94. The predicted octanol–water partition coefficient (Wildman–Crippen LogP) is 2.73. The smallest absolute Gasteiger partial charge is 0.199 e. The van der Waals surface area contributed by atoms with Crippen molar-refractivity contribution in [2.75, 3.05) is 13.1 Å². The molecule has 3 nitrogen and oxygen atoms in total. The number of oxazole rings is 1. The molecule has 0 saturated carbocycles. The highest BCUT2D eigenvalue weighted by molar-refractivity contribution is 5.56. The second-order valence-electron chi connectivity index (χ2n) is 4.62. The third-order valence-corrected chi connectivity index (χ3v) is 3.27. The molecule has 0 aliphatic carbocycles. The summed E-state index contributed by atoms with van der Waals surface area (Å²) in [6.07, 6.45) is 2.95. The Morgan fingerprint density at radius 1 is 1.29 bits per heavy atom. The second kappa shape index (κ2) is 4.34. The zero-order valence-corrected chi connectivity index (χ0v) is 9.94. The second-order valence-corrected chi connectivity index (χ2v) is 4.62. The minimum Gasteiger partial charge on any atom is -0.440 e. The minimum atomic E-state index is 0.439. The van der Waals surface area contributed by atoms with Gasteiger partial charge in [0.2, 0.25) is 0 Å². The Morgan fingerprint density at radius 3 is 2.82 bits per heavy atom. The van der Waals surface area contributed by atoms with E-state index in [1.54, 1.807) is 0 Å². The summed E-state index contributed by atoms with van der Waals surface area (Å²) in [5, 5.41) is 3.33. The third-order valence-electron chi connectivity index (χ3n) is 3.27. The molecule has 0 bridgehead atoms. The van der Waals surface area contributed by atoms with Crippen LogP contribution in [0.25, 0.3) is 11.3 Å². The highest BCUT2D eigenvalue weighted by atomic mass is 16.4. The number of aryl methyl sites for hydroxylation is 1. The van der Waals surface area contributed by atoms with Crippen LogP contribution in [0.15, 0.2) is 34.9 Å². The van der Waals surface area contributed by atoms with Crippen LogP contribution in [0, 0.1) is 6.92 Å². The van der Waals surface area contributed by atoms with E-state index in [0.717, 1.165) is 36.7 Å². The average molecular weight is 228 g/mol. The molecule has 0 amide bonds. The van der Waals surface area contributed by atoms with Gasteiger partial charge in [-0.1, -0.05) is 29.8 Å². The SMILES string of the molecule is Cc1ccc(-c2cnc(C3CCNC3)o2)cc1. The molecule has 1 saturated heterocycles. The van der Waals surface area contributed by atoms with Crippen LogP contribution in [-0.2, 0) is 0 Å². The lowest BCUT2D eigenvalue weighted by Gasteiger charge is -2.01. The van der Waals surface area contributed by atoms with Crippen molar-refractivity contribution < 1.29 is 4.42 Å². The van der Waals surface area contributed by atoms with Crippen molar-refractivity contribution in [2.45, 2.75) is 19.3 Å². The lowest BCUT2D eigenvalue weighted by atomic mass is 10.1. The van der Waals surface area contributed by atoms with E-state index in [9.17, 15) is 0 Å². The largest absolute Gasteiger partial charge is 0.440 e.